The third kappa shape index (κ3) is 0.808. The second-order valence-electron chi connectivity index (χ2n) is 3.67. The first-order chi connectivity index (χ1) is 5.62. The summed E-state index contributed by atoms with van der Waals surface area (Å²) in [6.45, 7) is 2.06. The fourth-order valence-corrected chi connectivity index (χ4v) is 2.21. The molecule has 0 spiro atoms. The van der Waals surface area contributed by atoms with Gasteiger partial charge in [-0.1, -0.05) is 6.92 Å². The molecule has 0 aromatic rings. The standard InChI is InChI=1S/C8H14O4/c1-2-4-7-8(4,11)6(10)5(9)3-12-7/h4-7,9-11H,2-3H2,1H3/t4?,5?,6?,7?,8-/m0/s1. The predicted molar refractivity (Wildman–Crippen MR) is 40.5 cm³/mol. The summed E-state index contributed by atoms with van der Waals surface area (Å²) in [7, 11) is 0. The van der Waals surface area contributed by atoms with Gasteiger partial charge in [0, 0.05) is 5.92 Å². The van der Waals surface area contributed by atoms with Crippen molar-refractivity contribution in [3.8, 4) is 0 Å². The number of fused-ring (bicyclic) bond motifs is 1. The molecule has 0 radical (unpaired) electrons. The minimum atomic E-state index is -1.17. The summed E-state index contributed by atoms with van der Waals surface area (Å²) >= 11 is 0. The largest absolute Gasteiger partial charge is 0.388 e. The smallest absolute Gasteiger partial charge is 0.125 e. The zero-order chi connectivity index (χ0) is 8.93. The van der Waals surface area contributed by atoms with Crippen LogP contribution >= 0.6 is 0 Å². The summed E-state index contributed by atoms with van der Waals surface area (Å²) in [5.74, 6) is -0.00958. The molecule has 12 heavy (non-hydrogen) atoms. The van der Waals surface area contributed by atoms with Crippen LogP contribution < -0.4 is 0 Å². The maximum absolute atomic E-state index is 9.81. The molecular weight excluding hydrogens is 160 g/mol. The Morgan fingerprint density at radius 3 is 2.75 bits per heavy atom. The first kappa shape index (κ1) is 8.44. The van der Waals surface area contributed by atoms with E-state index < -0.39 is 17.8 Å². The van der Waals surface area contributed by atoms with Gasteiger partial charge in [0.15, 0.2) is 0 Å². The molecule has 2 rings (SSSR count). The van der Waals surface area contributed by atoms with Crippen molar-refractivity contribution < 1.29 is 20.1 Å². The molecule has 70 valence electrons. The van der Waals surface area contributed by atoms with Crippen LogP contribution in [0.2, 0.25) is 0 Å². The van der Waals surface area contributed by atoms with Crippen molar-refractivity contribution in [2.45, 2.75) is 37.3 Å². The topological polar surface area (TPSA) is 69.9 Å². The first-order valence-electron chi connectivity index (χ1n) is 4.32. The molecule has 3 N–H and O–H groups in total. The molecular formula is C8H14O4. The van der Waals surface area contributed by atoms with E-state index in [9.17, 15) is 15.3 Å². The monoisotopic (exact) mass is 174 g/mol. The van der Waals surface area contributed by atoms with E-state index in [2.05, 4.69) is 0 Å². The molecule has 0 bridgehead atoms. The second kappa shape index (κ2) is 2.42. The molecule has 0 amide bonds. The van der Waals surface area contributed by atoms with E-state index in [0.717, 1.165) is 6.42 Å². The lowest BCUT2D eigenvalue weighted by Crippen LogP contribution is -2.48. The van der Waals surface area contributed by atoms with Crippen LogP contribution in [0.3, 0.4) is 0 Å². The van der Waals surface area contributed by atoms with Crippen molar-refractivity contribution >= 4 is 0 Å². The summed E-state index contributed by atoms with van der Waals surface area (Å²) in [6, 6.07) is 0. The van der Waals surface area contributed by atoms with E-state index in [4.69, 9.17) is 4.74 Å². The third-order valence-corrected chi connectivity index (χ3v) is 3.03. The zero-order valence-electron chi connectivity index (χ0n) is 6.97. The minimum Gasteiger partial charge on any atom is -0.388 e. The maximum Gasteiger partial charge on any atom is 0.125 e. The highest BCUT2D eigenvalue weighted by Crippen LogP contribution is 2.53. The van der Waals surface area contributed by atoms with Crippen molar-refractivity contribution in [2.24, 2.45) is 5.92 Å². The number of ether oxygens (including phenoxy) is 1. The Morgan fingerprint density at radius 1 is 1.50 bits per heavy atom. The molecule has 0 aromatic carbocycles. The van der Waals surface area contributed by atoms with Crippen molar-refractivity contribution in [3.63, 3.8) is 0 Å². The Hall–Kier alpha value is -0.160. The van der Waals surface area contributed by atoms with Gasteiger partial charge in [-0.3, -0.25) is 0 Å². The summed E-state index contributed by atoms with van der Waals surface area (Å²) in [6.07, 6.45) is -1.48. The molecule has 4 unspecified atom stereocenters. The molecule has 1 saturated carbocycles. The highest BCUT2D eigenvalue weighted by atomic mass is 16.5. The van der Waals surface area contributed by atoms with Gasteiger partial charge in [0.2, 0.25) is 0 Å². The second-order valence-corrected chi connectivity index (χ2v) is 3.67. The Balaban J connectivity index is 2.15. The molecule has 1 aliphatic carbocycles. The van der Waals surface area contributed by atoms with Gasteiger partial charge in [-0.15, -0.1) is 0 Å². The average Bonchev–Trinajstić information content (AvgIpc) is 2.65. The fraction of sp³-hybridized carbons (Fsp3) is 1.00. The normalized spacial score (nSPS) is 58.0. The van der Waals surface area contributed by atoms with Crippen molar-refractivity contribution in [3.05, 3.63) is 0 Å². The Kier molecular flexibility index (Phi) is 1.70. The lowest BCUT2D eigenvalue weighted by Gasteiger charge is -2.28. The van der Waals surface area contributed by atoms with Crippen molar-refractivity contribution in [2.75, 3.05) is 6.61 Å². The molecule has 1 aliphatic heterocycles. The minimum absolute atomic E-state index is 0.00958. The number of hydrogen-bond acceptors (Lipinski definition) is 4. The van der Waals surface area contributed by atoms with Gasteiger partial charge in [0.1, 0.15) is 17.8 Å². The van der Waals surface area contributed by atoms with Gasteiger partial charge in [-0.25, -0.2) is 0 Å². The molecule has 4 nitrogen and oxygen atoms in total. The molecule has 4 heteroatoms. The van der Waals surface area contributed by atoms with Crippen LogP contribution in [0.1, 0.15) is 13.3 Å². The molecule has 0 aromatic heterocycles. The molecule has 2 aliphatic rings. The van der Waals surface area contributed by atoms with Gasteiger partial charge >= 0.3 is 0 Å². The maximum atomic E-state index is 9.81. The average molecular weight is 174 g/mol. The molecule has 1 heterocycles. The Bertz CT molecular complexity index is 189. The van der Waals surface area contributed by atoms with E-state index in [0.29, 0.717) is 0 Å². The number of rotatable bonds is 1. The van der Waals surface area contributed by atoms with Crippen LogP contribution in [0.4, 0.5) is 0 Å². The van der Waals surface area contributed by atoms with E-state index >= 15 is 0 Å². The summed E-state index contributed by atoms with van der Waals surface area (Å²) in [4.78, 5) is 0. The van der Waals surface area contributed by atoms with Crippen LogP contribution in [-0.2, 0) is 4.74 Å². The van der Waals surface area contributed by atoms with Gasteiger partial charge in [0.05, 0.1) is 12.7 Å². The molecule has 5 atom stereocenters. The summed E-state index contributed by atoms with van der Waals surface area (Å²) in [5.41, 5.74) is -1.17. The highest BCUT2D eigenvalue weighted by molar-refractivity contribution is 5.20. The molecule has 2 fully saturated rings. The Morgan fingerprint density at radius 2 is 2.17 bits per heavy atom. The van der Waals surface area contributed by atoms with E-state index in [1.54, 1.807) is 0 Å². The van der Waals surface area contributed by atoms with E-state index in [-0.39, 0.29) is 18.6 Å². The lowest BCUT2D eigenvalue weighted by molar-refractivity contribution is -0.155. The van der Waals surface area contributed by atoms with Crippen LogP contribution in [0.15, 0.2) is 0 Å². The van der Waals surface area contributed by atoms with Crippen molar-refractivity contribution in [1.29, 1.82) is 0 Å². The van der Waals surface area contributed by atoms with Crippen LogP contribution in [0, 0.1) is 5.92 Å². The van der Waals surface area contributed by atoms with Crippen LogP contribution in [-0.4, -0.2) is 45.8 Å². The van der Waals surface area contributed by atoms with E-state index in [1.165, 1.54) is 0 Å². The number of hydrogen-bond donors (Lipinski definition) is 3. The summed E-state index contributed by atoms with van der Waals surface area (Å²) < 4.78 is 5.18. The third-order valence-electron chi connectivity index (χ3n) is 3.03. The first-order valence-corrected chi connectivity index (χ1v) is 4.32. The SMILES string of the molecule is CCC1C2OCC(O)C(O)[C@@]12O. The van der Waals surface area contributed by atoms with Gasteiger partial charge in [0.25, 0.3) is 0 Å². The molecule has 1 saturated heterocycles. The highest BCUT2D eigenvalue weighted by Gasteiger charge is 2.71. The van der Waals surface area contributed by atoms with Crippen LogP contribution in [0.5, 0.6) is 0 Å². The van der Waals surface area contributed by atoms with Crippen molar-refractivity contribution in [1.82, 2.24) is 0 Å². The number of aliphatic hydroxyl groups is 3. The fourth-order valence-electron chi connectivity index (χ4n) is 2.21. The number of aliphatic hydroxyl groups excluding tert-OH is 2. The zero-order valence-corrected chi connectivity index (χ0v) is 6.97. The van der Waals surface area contributed by atoms with Gasteiger partial charge < -0.3 is 20.1 Å². The Labute approximate surface area is 70.8 Å². The quantitative estimate of drug-likeness (QED) is 0.471. The van der Waals surface area contributed by atoms with Gasteiger partial charge in [-0.05, 0) is 6.42 Å². The summed E-state index contributed by atoms with van der Waals surface area (Å²) in [5, 5.41) is 28.5. The predicted octanol–water partition coefficient (Wildman–Crippen LogP) is -1.12. The lowest BCUT2D eigenvalue weighted by atomic mass is 10.0. The van der Waals surface area contributed by atoms with Crippen LogP contribution in [0.25, 0.3) is 0 Å². The van der Waals surface area contributed by atoms with Gasteiger partial charge in [-0.2, -0.15) is 0 Å². The van der Waals surface area contributed by atoms with E-state index in [1.807, 2.05) is 6.92 Å².